The van der Waals surface area contributed by atoms with Crippen molar-refractivity contribution in [1.82, 2.24) is 14.8 Å². The van der Waals surface area contributed by atoms with Gasteiger partial charge in [0.25, 0.3) is 0 Å². The Bertz CT molecular complexity index is 1090. The molecular formula is C32H43N3O2. The van der Waals surface area contributed by atoms with E-state index in [2.05, 4.69) is 96.2 Å². The third-order valence-corrected chi connectivity index (χ3v) is 7.01. The average molecular weight is 502 g/mol. The van der Waals surface area contributed by atoms with Crippen LogP contribution >= 0.6 is 0 Å². The molecule has 5 heteroatoms. The molecule has 0 spiro atoms. The van der Waals surface area contributed by atoms with E-state index in [0.29, 0.717) is 5.92 Å². The van der Waals surface area contributed by atoms with Crippen LogP contribution in [0.2, 0.25) is 0 Å². The van der Waals surface area contributed by atoms with E-state index in [1.54, 1.807) is 7.11 Å². The number of pyridine rings is 1. The van der Waals surface area contributed by atoms with Crippen molar-refractivity contribution in [3.05, 3.63) is 89.7 Å². The zero-order chi connectivity index (χ0) is 26.1. The Morgan fingerprint density at radius 2 is 1.59 bits per heavy atom. The van der Waals surface area contributed by atoms with Gasteiger partial charge in [-0.2, -0.15) is 0 Å². The number of methoxy groups -OCH3 is 1. The molecule has 0 atom stereocenters. The van der Waals surface area contributed by atoms with Gasteiger partial charge in [0.15, 0.2) is 0 Å². The van der Waals surface area contributed by atoms with Gasteiger partial charge in [-0.3, -0.25) is 9.88 Å². The van der Waals surface area contributed by atoms with Crippen molar-refractivity contribution in [2.24, 2.45) is 0 Å². The Morgan fingerprint density at radius 1 is 0.892 bits per heavy atom. The topological polar surface area (TPSA) is 37.8 Å². The molecule has 3 aromatic rings. The molecule has 0 radical (unpaired) electrons. The minimum Gasteiger partial charge on any atom is -0.496 e. The third kappa shape index (κ3) is 8.31. The molecule has 0 amide bonds. The van der Waals surface area contributed by atoms with Crippen molar-refractivity contribution in [3.8, 4) is 11.5 Å². The van der Waals surface area contributed by atoms with Crippen LogP contribution in [0.3, 0.4) is 0 Å². The molecule has 198 valence electrons. The summed E-state index contributed by atoms with van der Waals surface area (Å²) in [7, 11) is 1.78. The fraction of sp³-hybridized carbons (Fsp3) is 0.469. The molecule has 0 N–H and O–H groups in total. The number of hydrogen-bond acceptors (Lipinski definition) is 5. The third-order valence-electron chi connectivity index (χ3n) is 7.01. The van der Waals surface area contributed by atoms with Crippen LogP contribution in [0.1, 0.15) is 62.8 Å². The monoisotopic (exact) mass is 501 g/mol. The molecule has 1 aliphatic heterocycles. The number of rotatable bonds is 11. The maximum atomic E-state index is 6.29. The molecule has 0 aliphatic carbocycles. The molecule has 1 fully saturated rings. The molecule has 0 unspecified atom stereocenters. The summed E-state index contributed by atoms with van der Waals surface area (Å²) in [5.74, 6) is 2.59. The maximum Gasteiger partial charge on any atom is 0.124 e. The Kier molecular flexibility index (Phi) is 9.59. The van der Waals surface area contributed by atoms with E-state index in [-0.39, 0.29) is 5.60 Å². The first kappa shape index (κ1) is 27.2. The average Bonchev–Trinajstić information content (AvgIpc) is 2.90. The van der Waals surface area contributed by atoms with Crippen LogP contribution in [0.5, 0.6) is 11.5 Å². The van der Waals surface area contributed by atoms with E-state index < -0.39 is 0 Å². The highest BCUT2D eigenvalue weighted by atomic mass is 16.5. The number of nitrogens with zero attached hydrogens (tertiary/aromatic N) is 3. The summed E-state index contributed by atoms with van der Waals surface area (Å²) in [5.41, 5.74) is 3.47. The summed E-state index contributed by atoms with van der Waals surface area (Å²) >= 11 is 0. The largest absolute Gasteiger partial charge is 0.496 e. The molecule has 37 heavy (non-hydrogen) atoms. The second kappa shape index (κ2) is 13.1. The lowest BCUT2D eigenvalue weighted by Gasteiger charge is -2.33. The van der Waals surface area contributed by atoms with Crippen LogP contribution in [0.15, 0.2) is 72.9 Å². The first-order valence-electron chi connectivity index (χ1n) is 13.7. The number of para-hydroxylation sites is 2. The van der Waals surface area contributed by atoms with Crippen molar-refractivity contribution < 1.29 is 9.47 Å². The highest BCUT2D eigenvalue weighted by molar-refractivity contribution is 5.36. The number of hydrogen-bond donors (Lipinski definition) is 0. The van der Waals surface area contributed by atoms with Crippen LogP contribution in [-0.2, 0) is 13.1 Å². The lowest BCUT2D eigenvalue weighted by molar-refractivity contribution is 0.126. The molecule has 2 heterocycles. The van der Waals surface area contributed by atoms with Crippen LogP contribution in [0.25, 0.3) is 0 Å². The molecule has 1 aliphatic rings. The zero-order valence-corrected chi connectivity index (χ0v) is 23.0. The smallest absolute Gasteiger partial charge is 0.124 e. The number of ether oxygens (including phenoxy) is 2. The Morgan fingerprint density at radius 3 is 2.30 bits per heavy atom. The van der Waals surface area contributed by atoms with Gasteiger partial charge in [-0.25, -0.2) is 0 Å². The highest BCUT2D eigenvalue weighted by Crippen LogP contribution is 2.34. The molecule has 0 saturated carbocycles. The van der Waals surface area contributed by atoms with Crippen molar-refractivity contribution >= 4 is 0 Å². The zero-order valence-electron chi connectivity index (χ0n) is 23.0. The molecule has 0 bridgehead atoms. The molecule has 1 saturated heterocycles. The second-order valence-electron chi connectivity index (χ2n) is 11.1. The van der Waals surface area contributed by atoms with Crippen LogP contribution in [0, 0.1) is 0 Å². The Hall–Kier alpha value is -2.89. The number of aromatic nitrogens is 1. The first-order chi connectivity index (χ1) is 17.9. The molecule has 2 aromatic carbocycles. The van der Waals surface area contributed by atoms with E-state index in [4.69, 9.17) is 9.47 Å². The predicted molar refractivity (Wildman–Crippen MR) is 151 cm³/mol. The summed E-state index contributed by atoms with van der Waals surface area (Å²) < 4.78 is 11.9. The second-order valence-corrected chi connectivity index (χ2v) is 11.1. The van der Waals surface area contributed by atoms with Gasteiger partial charge in [-0.15, -0.1) is 0 Å². The van der Waals surface area contributed by atoms with Crippen molar-refractivity contribution in [2.75, 3.05) is 33.3 Å². The highest BCUT2D eigenvalue weighted by Gasteiger charge is 2.23. The lowest BCUT2D eigenvalue weighted by atomic mass is 9.89. The summed E-state index contributed by atoms with van der Waals surface area (Å²) in [4.78, 5) is 9.73. The van der Waals surface area contributed by atoms with Gasteiger partial charge in [-0.05, 0) is 95.4 Å². The van der Waals surface area contributed by atoms with Gasteiger partial charge in [0.05, 0.1) is 12.8 Å². The van der Waals surface area contributed by atoms with E-state index in [1.165, 1.54) is 24.0 Å². The Labute approximate surface area is 223 Å². The standard InChI is InChI=1S/C32H43N3O2/c1-32(2,3)37-30-15-7-5-12-27(30)24-35(25-28-13-9-10-19-33-28)21-11-20-34-22-17-26(18-23-34)29-14-6-8-16-31(29)36-4/h5-10,12-16,19,26H,11,17-18,20-25H2,1-4H3. The van der Waals surface area contributed by atoms with Crippen molar-refractivity contribution in [2.45, 2.75) is 64.6 Å². The number of benzene rings is 2. The predicted octanol–water partition coefficient (Wildman–Crippen LogP) is 6.54. The summed E-state index contributed by atoms with van der Waals surface area (Å²) in [6.45, 7) is 12.4. The summed E-state index contributed by atoms with van der Waals surface area (Å²) in [6.07, 6.45) is 5.40. The molecule has 5 nitrogen and oxygen atoms in total. The van der Waals surface area contributed by atoms with Crippen molar-refractivity contribution in [3.63, 3.8) is 0 Å². The fourth-order valence-corrected chi connectivity index (χ4v) is 5.23. The van der Waals surface area contributed by atoms with E-state index in [1.807, 2.05) is 12.3 Å². The number of piperidine rings is 1. The van der Waals surface area contributed by atoms with Gasteiger partial charge in [0, 0.05) is 31.4 Å². The molecular weight excluding hydrogens is 458 g/mol. The van der Waals surface area contributed by atoms with Gasteiger partial charge >= 0.3 is 0 Å². The molecule has 4 rings (SSSR count). The first-order valence-corrected chi connectivity index (χ1v) is 13.7. The van der Waals surface area contributed by atoms with Crippen LogP contribution in [0.4, 0.5) is 0 Å². The fourth-order valence-electron chi connectivity index (χ4n) is 5.23. The Balaban J connectivity index is 1.34. The van der Waals surface area contributed by atoms with E-state index >= 15 is 0 Å². The van der Waals surface area contributed by atoms with Gasteiger partial charge < -0.3 is 14.4 Å². The van der Waals surface area contributed by atoms with Gasteiger partial charge in [-0.1, -0.05) is 42.5 Å². The minimum absolute atomic E-state index is 0.224. The summed E-state index contributed by atoms with van der Waals surface area (Å²) in [5, 5.41) is 0. The van der Waals surface area contributed by atoms with E-state index in [0.717, 1.165) is 62.9 Å². The lowest BCUT2D eigenvalue weighted by Crippen LogP contribution is -2.35. The summed E-state index contributed by atoms with van der Waals surface area (Å²) in [6, 6.07) is 23.1. The minimum atomic E-state index is -0.224. The SMILES string of the molecule is COc1ccccc1C1CCN(CCCN(Cc2ccccn2)Cc2ccccc2OC(C)(C)C)CC1. The van der Waals surface area contributed by atoms with Gasteiger partial charge in [0.2, 0.25) is 0 Å². The quantitative estimate of drug-likeness (QED) is 0.298. The maximum absolute atomic E-state index is 6.29. The van der Waals surface area contributed by atoms with Crippen LogP contribution in [-0.4, -0.2) is 53.7 Å². The van der Waals surface area contributed by atoms with Crippen molar-refractivity contribution in [1.29, 1.82) is 0 Å². The number of likely N-dealkylation sites (tertiary alicyclic amines) is 1. The van der Waals surface area contributed by atoms with Crippen LogP contribution < -0.4 is 9.47 Å². The normalized spacial score (nSPS) is 15.2. The molecule has 1 aromatic heterocycles. The van der Waals surface area contributed by atoms with E-state index in [9.17, 15) is 0 Å². The van der Waals surface area contributed by atoms with Gasteiger partial charge in [0.1, 0.15) is 17.1 Å².